The van der Waals surface area contributed by atoms with Crippen LogP contribution in [0.2, 0.25) is 0 Å². The summed E-state index contributed by atoms with van der Waals surface area (Å²) in [4.78, 5) is 4.22. The highest BCUT2D eigenvalue weighted by atomic mass is 32.1. The van der Waals surface area contributed by atoms with Crippen LogP contribution in [-0.4, -0.2) is 24.2 Å². The number of nitrogens with one attached hydrogen (secondary N) is 1. The summed E-state index contributed by atoms with van der Waals surface area (Å²) in [5.74, 6) is 0. The number of rotatable bonds is 3. The lowest BCUT2D eigenvalue weighted by molar-refractivity contribution is 0.0699. The molecule has 1 saturated heterocycles. The van der Waals surface area contributed by atoms with Gasteiger partial charge in [0, 0.05) is 30.8 Å². The molecule has 3 nitrogen and oxygen atoms in total. The van der Waals surface area contributed by atoms with Crippen LogP contribution in [0.15, 0.2) is 11.6 Å². The summed E-state index contributed by atoms with van der Waals surface area (Å²) in [6.07, 6.45) is 4.25. The van der Waals surface area contributed by atoms with Crippen molar-refractivity contribution in [2.75, 3.05) is 13.2 Å². The summed E-state index contributed by atoms with van der Waals surface area (Å²) < 4.78 is 5.37. The monoisotopic (exact) mass is 198 g/mol. The smallest absolute Gasteiger partial charge is 0.106 e. The molecule has 1 aromatic heterocycles. The predicted molar refractivity (Wildman–Crippen MR) is 52.8 cm³/mol. The molecule has 1 aromatic rings. The summed E-state index contributed by atoms with van der Waals surface area (Å²) >= 11 is 1.70. The first-order chi connectivity index (χ1) is 6.45. The van der Waals surface area contributed by atoms with Gasteiger partial charge in [0.15, 0.2) is 0 Å². The minimum Gasteiger partial charge on any atom is -0.380 e. The molecule has 0 unspecified atom stereocenters. The highest BCUT2D eigenvalue weighted by molar-refractivity contribution is 7.09. The standard InChI is InChI=1S/C9H14N2OS/c1-2-8(7-12-4-1)11-6-9-10-3-5-13-9/h3,5,8,11H,1-2,4,6-7H2/t8-/m0/s1. The van der Waals surface area contributed by atoms with Crippen LogP contribution >= 0.6 is 11.3 Å². The summed E-state index contributed by atoms with van der Waals surface area (Å²) in [5, 5.41) is 6.61. The molecule has 72 valence electrons. The van der Waals surface area contributed by atoms with Crippen LogP contribution < -0.4 is 5.32 Å². The first-order valence-electron chi connectivity index (χ1n) is 4.64. The second kappa shape index (κ2) is 4.69. The van der Waals surface area contributed by atoms with Crippen LogP contribution in [0.3, 0.4) is 0 Å². The van der Waals surface area contributed by atoms with E-state index in [-0.39, 0.29) is 0 Å². The van der Waals surface area contributed by atoms with Gasteiger partial charge in [0.1, 0.15) is 5.01 Å². The lowest BCUT2D eigenvalue weighted by Crippen LogP contribution is -2.36. The fraction of sp³-hybridized carbons (Fsp3) is 0.667. The van der Waals surface area contributed by atoms with E-state index in [1.54, 1.807) is 11.3 Å². The summed E-state index contributed by atoms with van der Waals surface area (Å²) in [5.41, 5.74) is 0. The van der Waals surface area contributed by atoms with Gasteiger partial charge in [0.25, 0.3) is 0 Å². The number of hydrogen-bond donors (Lipinski definition) is 1. The van der Waals surface area contributed by atoms with E-state index in [4.69, 9.17) is 4.74 Å². The third-order valence-electron chi connectivity index (χ3n) is 2.19. The molecule has 1 atom stereocenters. The molecule has 0 saturated carbocycles. The van der Waals surface area contributed by atoms with E-state index >= 15 is 0 Å². The average molecular weight is 198 g/mol. The maximum Gasteiger partial charge on any atom is 0.106 e. The molecule has 4 heteroatoms. The maximum atomic E-state index is 5.37. The van der Waals surface area contributed by atoms with E-state index in [9.17, 15) is 0 Å². The third-order valence-corrected chi connectivity index (χ3v) is 2.97. The zero-order chi connectivity index (χ0) is 8.93. The number of hydrogen-bond acceptors (Lipinski definition) is 4. The van der Waals surface area contributed by atoms with E-state index in [0.717, 1.165) is 24.8 Å². The molecule has 0 aliphatic carbocycles. The predicted octanol–water partition coefficient (Wildman–Crippen LogP) is 1.41. The molecule has 0 amide bonds. The zero-order valence-corrected chi connectivity index (χ0v) is 8.35. The van der Waals surface area contributed by atoms with Crippen molar-refractivity contribution < 1.29 is 4.74 Å². The van der Waals surface area contributed by atoms with Crippen molar-refractivity contribution in [3.05, 3.63) is 16.6 Å². The maximum absolute atomic E-state index is 5.37. The average Bonchev–Trinajstić information content (AvgIpc) is 2.69. The van der Waals surface area contributed by atoms with Crippen LogP contribution in [0, 0.1) is 0 Å². The zero-order valence-electron chi connectivity index (χ0n) is 7.53. The quantitative estimate of drug-likeness (QED) is 0.797. The molecule has 1 aliphatic heterocycles. The molecule has 2 heterocycles. The minimum absolute atomic E-state index is 0.526. The van der Waals surface area contributed by atoms with E-state index in [0.29, 0.717) is 6.04 Å². The van der Waals surface area contributed by atoms with Crippen molar-refractivity contribution in [2.45, 2.75) is 25.4 Å². The Bertz CT molecular complexity index is 232. The molecule has 1 fully saturated rings. The fourth-order valence-electron chi connectivity index (χ4n) is 1.47. The molecule has 0 spiro atoms. The minimum atomic E-state index is 0.526. The van der Waals surface area contributed by atoms with Gasteiger partial charge in [-0.3, -0.25) is 0 Å². The van der Waals surface area contributed by atoms with Crippen molar-refractivity contribution in [1.82, 2.24) is 10.3 Å². The van der Waals surface area contributed by atoms with E-state index in [1.165, 1.54) is 12.8 Å². The largest absolute Gasteiger partial charge is 0.380 e. The topological polar surface area (TPSA) is 34.1 Å². The van der Waals surface area contributed by atoms with Crippen molar-refractivity contribution >= 4 is 11.3 Å². The van der Waals surface area contributed by atoms with Crippen LogP contribution in [0.1, 0.15) is 17.8 Å². The van der Waals surface area contributed by atoms with Gasteiger partial charge in [-0.2, -0.15) is 0 Å². The SMILES string of the molecule is c1csc(CN[C@H]2CCCOC2)n1. The Morgan fingerprint density at radius 1 is 1.69 bits per heavy atom. The van der Waals surface area contributed by atoms with E-state index in [1.807, 2.05) is 11.6 Å². The van der Waals surface area contributed by atoms with Crippen molar-refractivity contribution in [2.24, 2.45) is 0 Å². The lowest BCUT2D eigenvalue weighted by Gasteiger charge is -2.22. The van der Waals surface area contributed by atoms with Gasteiger partial charge in [-0.15, -0.1) is 11.3 Å². The fourth-order valence-corrected chi connectivity index (χ4v) is 2.04. The van der Waals surface area contributed by atoms with Gasteiger partial charge < -0.3 is 10.1 Å². The molecule has 2 rings (SSSR count). The Labute approximate surface area is 82.1 Å². The Balaban J connectivity index is 1.72. The highest BCUT2D eigenvalue weighted by Crippen LogP contribution is 2.08. The van der Waals surface area contributed by atoms with Gasteiger partial charge in [-0.25, -0.2) is 4.98 Å². The molecule has 0 radical (unpaired) electrons. The number of aromatic nitrogens is 1. The molecular formula is C9H14N2OS. The molecule has 1 N–H and O–H groups in total. The van der Waals surface area contributed by atoms with Gasteiger partial charge in [-0.05, 0) is 12.8 Å². The summed E-state index contributed by atoms with van der Waals surface area (Å²) in [7, 11) is 0. The molecule has 0 bridgehead atoms. The summed E-state index contributed by atoms with van der Waals surface area (Å²) in [6.45, 7) is 2.66. The summed E-state index contributed by atoms with van der Waals surface area (Å²) in [6, 6.07) is 0.526. The van der Waals surface area contributed by atoms with Gasteiger partial charge >= 0.3 is 0 Å². The van der Waals surface area contributed by atoms with Crippen molar-refractivity contribution in [3.63, 3.8) is 0 Å². The van der Waals surface area contributed by atoms with Crippen molar-refractivity contribution in [1.29, 1.82) is 0 Å². The Hall–Kier alpha value is -0.450. The van der Waals surface area contributed by atoms with E-state index in [2.05, 4.69) is 10.3 Å². The first-order valence-corrected chi connectivity index (χ1v) is 5.52. The van der Waals surface area contributed by atoms with Gasteiger partial charge in [0.05, 0.1) is 6.61 Å². The van der Waals surface area contributed by atoms with E-state index < -0.39 is 0 Å². The molecular weight excluding hydrogens is 184 g/mol. The molecule has 13 heavy (non-hydrogen) atoms. The van der Waals surface area contributed by atoms with Gasteiger partial charge in [0.2, 0.25) is 0 Å². The molecule has 0 aromatic carbocycles. The number of nitrogens with zero attached hydrogens (tertiary/aromatic N) is 1. The third kappa shape index (κ3) is 2.76. The Morgan fingerprint density at radius 2 is 2.69 bits per heavy atom. The van der Waals surface area contributed by atoms with Crippen LogP contribution in [-0.2, 0) is 11.3 Å². The van der Waals surface area contributed by atoms with Crippen LogP contribution in [0.4, 0.5) is 0 Å². The first kappa shape index (κ1) is 9.12. The van der Waals surface area contributed by atoms with Crippen molar-refractivity contribution in [3.8, 4) is 0 Å². The molecule has 1 aliphatic rings. The highest BCUT2D eigenvalue weighted by Gasteiger charge is 2.12. The number of thiazole rings is 1. The Morgan fingerprint density at radius 3 is 3.38 bits per heavy atom. The van der Waals surface area contributed by atoms with Gasteiger partial charge in [-0.1, -0.05) is 0 Å². The number of ether oxygens (including phenoxy) is 1. The Kier molecular flexibility index (Phi) is 3.29. The normalized spacial score (nSPS) is 23.2. The van der Waals surface area contributed by atoms with Crippen LogP contribution in [0.25, 0.3) is 0 Å². The second-order valence-electron chi connectivity index (χ2n) is 3.22. The second-order valence-corrected chi connectivity index (χ2v) is 4.20. The lowest BCUT2D eigenvalue weighted by atomic mass is 10.1. The van der Waals surface area contributed by atoms with Crippen LogP contribution in [0.5, 0.6) is 0 Å².